The maximum absolute atomic E-state index is 12.9. The van der Waals surface area contributed by atoms with Crippen molar-refractivity contribution in [3.05, 3.63) is 95.0 Å². The standard InChI is InChI=1S/C32H37BN2O4/c1-31(2)32(3,4)39-33(38-31)23(19-22-15-17-24(18-16-22)35(5)6)20-34-30(36)37-21-29-27-13-9-7-11-25(27)26-12-8-10-14-28(26)29/h7-19,29H,20-21H2,1-6H3,(H,34,36). The molecular formula is C32H37BN2O4. The van der Waals surface area contributed by atoms with E-state index in [0.717, 1.165) is 16.7 Å². The van der Waals surface area contributed by atoms with Gasteiger partial charge in [0.15, 0.2) is 0 Å². The van der Waals surface area contributed by atoms with Crippen LogP contribution in [0, 0.1) is 0 Å². The molecule has 7 heteroatoms. The van der Waals surface area contributed by atoms with Gasteiger partial charge in [0.1, 0.15) is 6.61 Å². The Morgan fingerprint density at radius 3 is 1.97 bits per heavy atom. The number of nitrogens with zero attached hydrogens (tertiary/aromatic N) is 1. The molecule has 0 saturated carbocycles. The summed E-state index contributed by atoms with van der Waals surface area (Å²) in [7, 11) is 3.44. The zero-order valence-electron chi connectivity index (χ0n) is 23.7. The molecule has 0 atom stereocenters. The lowest BCUT2D eigenvalue weighted by Crippen LogP contribution is -2.41. The van der Waals surface area contributed by atoms with Crippen LogP contribution in [0.15, 0.2) is 78.3 Å². The Hall–Kier alpha value is -3.55. The minimum Gasteiger partial charge on any atom is -0.449 e. The van der Waals surface area contributed by atoms with Crippen LogP contribution in [-0.4, -0.2) is 51.7 Å². The van der Waals surface area contributed by atoms with Crippen molar-refractivity contribution >= 4 is 25.0 Å². The van der Waals surface area contributed by atoms with Gasteiger partial charge in [0.25, 0.3) is 0 Å². The normalized spacial score (nSPS) is 17.5. The number of ether oxygens (including phenoxy) is 1. The van der Waals surface area contributed by atoms with Crippen molar-refractivity contribution in [2.24, 2.45) is 0 Å². The van der Waals surface area contributed by atoms with Crippen LogP contribution in [0.25, 0.3) is 17.2 Å². The number of hydrogen-bond donors (Lipinski definition) is 1. The second-order valence-electron chi connectivity index (χ2n) is 11.5. The second-order valence-corrected chi connectivity index (χ2v) is 11.5. The summed E-state index contributed by atoms with van der Waals surface area (Å²) in [6, 6.07) is 24.9. The number of fused-ring (bicyclic) bond motifs is 3. The highest BCUT2D eigenvalue weighted by Crippen LogP contribution is 2.44. The fourth-order valence-electron chi connectivity index (χ4n) is 5.10. The second kappa shape index (κ2) is 10.6. The molecule has 0 unspecified atom stereocenters. The number of carbonyl (C=O) groups excluding carboxylic acids is 1. The van der Waals surface area contributed by atoms with E-state index < -0.39 is 24.4 Å². The van der Waals surface area contributed by atoms with Crippen molar-refractivity contribution in [1.82, 2.24) is 5.32 Å². The molecule has 1 saturated heterocycles. The number of hydrogen-bond acceptors (Lipinski definition) is 5. The van der Waals surface area contributed by atoms with E-state index >= 15 is 0 Å². The van der Waals surface area contributed by atoms with E-state index in [1.807, 2.05) is 84.3 Å². The van der Waals surface area contributed by atoms with Crippen molar-refractivity contribution < 1.29 is 18.8 Å². The van der Waals surface area contributed by atoms with Gasteiger partial charge in [0.05, 0.1) is 11.2 Å². The first-order valence-electron chi connectivity index (χ1n) is 13.5. The summed E-state index contributed by atoms with van der Waals surface area (Å²) in [6.45, 7) is 8.60. The van der Waals surface area contributed by atoms with E-state index in [2.05, 4.69) is 46.6 Å². The molecule has 0 bridgehead atoms. The van der Waals surface area contributed by atoms with Crippen LogP contribution >= 0.6 is 0 Å². The number of anilines is 1. The number of amides is 1. The molecule has 6 nitrogen and oxygen atoms in total. The molecule has 2 aliphatic rings. The SMILES string of the molecule is CN(C)c1ccc(C=C(CNC(=O)OCC2c3ccccc3-c3ccccc32)B2OC(C)(C)C(C)(C)O2)cc1. The maximum atomic E-state index is 12.9. The van der Waals surface area contributed by atoms with E-state index in [-0.39, 0.29) is 19.1 Å². The average Bonchev–Trinajstić information content (AvgIpc) is 3.34. The van der Waals surface area contributed by atoms with Gasteiger partial charge in [-0.15, -0.1) is 0 Å². The van der Waals surface area contributed by atoms with Gasteiger partial charge in [-0.2, -0.15) is 0 Å². The lowest BCUT2D eigenvalue weighted by atomic mass is 9.77. The summed E-state index contributed by atoms with van der Waals surface area (Å²) in [5, 5.41) is 2.94. The van der Waals surface area contributed by atoms with Gasteiger partial charge >= 0.3 is 13.2 Å². The summed E-state index contributed by atoms with van der Waals surface area (Å²) in [6.07, 6.45) is 1.55. The topological polar surface area (TPSA) is 60.0 Å². The average molecular weight is 524 g/mol. The summed E-state index contributed by atoms with van der Waals surface area (Å²) in [5.41, 5.74) is 6.73. The van der Waals surface area contributed by atoms with Crippen LogP contribution < -0.4 is 10.2 Å². The van der Waals surface area contributed by atoms with Crippen LogP contribution in [0.5, 0.6) is 0 Å². The highest BCUT2D eigenvalue weighted by molar-refractivity contribution is 6.56. The molecule has 5 rings (SSSR count). The highest BCUT2D eigenvalue weighted by Gasteiger charge is 2.52. The van der Waals surface area contributed by atoms with Gasteiger partial charge in [-0.25, -0.2) is 4.79 Å². The molecule has 1 heterocycles. The number of rotatable bonds is 7. The van der Waals surface area contributed by atoms with Crippen LogP contribution in [0.2, 0.25) is 0 Å². The lowest BCUT2D eigenvalue weighted by Gasteiger charge is -2.32. The molecule has 0 radical (unpaired) electrons. The Morgan fingerprint density at radius 2 is 1.44 bits per heavy atom. The van der Waals surface area contributed by atoms with Gasteiger partial charge in [-0.3, -0.25) is 0 Å². The first kappa shape index (κ1) is 27.0. The van der Waals surface area contributed by atoms with Gasteiger partial charge in [-0.05, 0) is 73.1 Å². The predicted octanol–water partition coefficient (Wildman–Crippen LogP) is 6.31. The van der Waals surface area contributed by atoms with E-state index in [0.29, 0.717) is 0 Å². The minimum atomic E-state index is -0.586. The fourth-order valence-corrected chi connectivity index (χ4v) is 5.10. The number of nitrogens with one attached hydrogen (secondary N) is 1. The van der Waals surface area contributed by atoms with Gasteiger partial charge < -0.3 is 24.3 Å². The zero-order chi connectivity index (χ0) is 27.8. The van der Waals surface area contributed by atoms with Crippen LogP contribution in [0.1, 0.15) is 50.3 Å². The third kappa shape index (κ3) is 5.47. The van der Waals surface area contributed by atoms with Crippen molar-refractivity contribution in [2.45, 2.75) is 44.8 Å². The van der Waals surface area contributed by atoms with E-state index in [9.17, 15) is 4.79 Å². The van der Waals surface area contributed by atoms with Crippen molar-refractivity contribution in [3.8, 4) is 11.1 Å². The highest BCUT2D eigenvalue weighted by atomic mass is 16.7. The minimum absolute atomic E-state index is 0.0106. The zero-order valence-corrected chi connectivity index (χ0v) is 23.7. The lowest BCUT2D eigenvalue weighted by molar-refractivity contribution is 0.00578. The molecule has 1 aliphatic carbocycles. The Kier molecular flexibility index (Phi) is 7.32. The van der Waals surface area contributed by atoms with Crippen LogP contribution in [0.3, 0.4) is 0 Å². The fraction of sp³-hybridized carbons (Fsp3) is 0.344. The quantitative estimate of drug-likeness (QED) is 0.368. The Bertz CT molecular complexity index is 1320. The number of alkyl carbamates (subject to hydrolysis) is 1. The predicted molar refractivity (Wildman–Crippen MR) is 158 cm³/mol. The smallest absolute Gasteiger partial charge is 0.449 e. The first-order valence-corrected chi connectivity index (χ1v) is 13.5. The van der Waals surface area contributed by atoms with Crippen molar-refractivity contribution in [1.29, 1.82) is 0 Å². The molecular weight excluding hydrogens is 487 g/mol. The third-order valence-corrected chi connectivity index (χ3v) is 8.10. The molecule has 1 aliphatic heterocycles. The Morgan fingerprint density at radius 1 is 0.897 bits per heavy atom. The Labute approximate surface area is 232 Å². The maximum Gasteiger partial charge on any atom is 0.492 e. The summed E-state index contributed by atoms with van der Waals surface area (Å²) >= 11 is 0. The monoisotopic (exact) mass is 524 g/mol. The molecule has 3 aromatic carbocycles. The summed E-state index contributed by atoms with van der Waals surface area (Å²) in [5.74, 6) is 0.0106. The number of benzene rings is 3. The van der Waals surface area contributed by atoms with E-state index in [1.54, 1.807) is 0 Å². The van der Waals surface area contributed by atoms with Gasteiger partial charge in [-0.1, -0.05) is 66.7 Å². The van der Waals surface area contributed by atoms with Crippen molar-refractivity contribution in [2.75, 3.05) is 32.1 Å². The van der Waals surface area contributed by atoms with Crippen molar-refractivity contribution in [3.63, 3.8) is 0 Å². The summed E-state index contributed by atoms with van der Waals surface area (Å²) < 4.78 is 18.4. The molecule has 1 fully saturated rings. The summed E-state index contributed by atoms with van der Waals surface area (Å²) in [4.78, 5) is 15.0. The Balaban J connectivity index is 1.29. The molecule has 3 aromatic rings. The molecule has 39 heavy (non-hydrogen) atoms. The number of carbonyl (C=O) groups is 1. The molecule has 0 spiro atoms. The van der Waals surface area contributed by atoms with Crippen LogP contribution in [-0.2, 0) is 14.0 Å². The largest absolute Gasteiger partial charge is 0.492 e. The third-order valence-electron chi connectivity index (χ3n) is 8.10. The molecule has 202 valence electrons. The molecule has 1 N–H and O–H groups in total. The van der Waals surface area contributed by atoms with Crippen LogP contribution in [0.4, 0.5) is 10.5 Å². The van der Waals surface area contributed by atoms with E-state index in [1.165, 1.54) is 22.3 Å². The molecule has 1 amide bonds. The molecule has 0 aromatic heterocycles. The first-order chi connectivity index (χ1) is 18.6. The van der Waals surface area contributed by atoms with E-state index in [4.69, 9.17) is 14.0 Å². The van der Waals surface area contributed by atoms with Gasteiger partial charge in [0, 0.05) is 32.2 Å². The van der Waals surface area contributed by atoms with Gasteiger partial charge in [0.2, 0.25) is 0 Å².